The van der Waals surface area contributed by atoms with E-state index in [1.807, 2.05) is 0 Å². The van der Waals surface area contributed by atoms with Crippen LogP contribution in [0.25, 0.3) is 0 Å². The lowest BCUT2D eigenvalue weighted by Gasteiger charge is -2.45. The van der Waals surface area contributed by atoms with Crippen molar-refractivity contribution in [2.24, 2.45) is 5.92 Å². The molecule has 2 aliphatic heterocycles. The average Bonchev–Trinajstić information content (AvgIpc) is 2.85. The lowest BCUT2D eigenvalue weighted by Crippen LogP contribution is -2.60. The highest BCUT2D eigenvalue weighted by Crippen LogP contribution is 2.32. The zero-order valence-electron chi connectivity index (χ0n) is 18.5. The third-order valence-electron chi connectivity index (χ3n) is 7.59. The Morgan fingerprint density at radius 3 is 2.32 bits per heavy atom. The van der Waals surface area contributed by atoms with Gasteiger partial charge in [-0.1, -0.05) is 55.7 Å². The number of carbonyl (C=O) groups excluding carboxylic acids is 1. The number of Topliss-reactive ketones (excluding diaryl/α,β-unsaturated/α-hetero) is 1. The summed E-state index contributed by atoms with van der Waals surface area (Å²) in [7, 11) is 0. The first-order valence-corrected chi connectivity index (χ1v) is 12.2. The summed E-state index contributed by atoms with van der Waals surface area (Å²) in [4.78, 5) is 18.8. The molecule has 164 valence electrons. The van der Waals surface area contributed by atoms with Crippen LogP contribution in [-0.4, -0.2) is 48.9 Å². The van der Waals surface area contributed by atoms with Crippen LogP contribution in [0, 0.1) is 5.92 Å². The third-order valence-corrected chi connectivity index (χ3v) is 7.59. The highest BCUT2D eigenvalue weighted by molar-refractivity contribution is 5.88. The Labute approximate surface area is 186 Å². The van der Waals surface area contributed by atoms with Crippen LogP contribution in [0.1, 0.15) is 44.1 Å². The molecule has 2 aromatic carbocycles. The fraction of sp³-hybridized carbons (Fsp3) is 0.519. The lowest BCUT2D eigenvalue weighted by molar-refractivity contribution is -0.130. The van der Waals surface area contributed by atoms with Crippen LogP contribution in [0.15, 0.2) is 54.6 Å². The van der Waals surface area contributed by atoms with Gasteiger partial charge in [-0.15, -0.1) is 0 Å². The normalized spacial score (nSPS) is 23.6. The van der Waals surface area contributed by atoms with Gasteiger partial charge < -0.3 is 10.2 Å². The lowest BCUT2D eigenvalue weighted by atomic mass is 9.80. The predicted octanol–water partition coefficient (Wildman–Crippen LogP) is 4.75. The van der Waals surface area contributed by atoms with Crippen molar-refractivity contribution in [3.8, 4) is 0 Å². The van der Waals surface area contributed by atoms with Crippen LogP contribution >= 0.6 is 0 Å². The van der Waals surface area contributed by atoms with E-state index in [0.717, 1.165) is 51.9 Å². The van der Waals surface area contributed by atoms with E-state index in [-0.39, 0.29) is 18.0 Å². The number of fused-ring (bicyclic) bond motifs is 1. The Hall–Kier alpha value is -2.33. The monoisotopic (exact) mass is 417 g/mol. The van der Waals surface area contributed by atoms with E-state index in [2.05, 4.69) is 69.7 Å². The molecule has 2 atom stereocenters. The number of benzene rings is 2. The summed E-state index contributed by atoms with van der Waals surface area (Å²) in [5.74, 6) is 0.759. The molecule has 2 fully saturated rings. The fourth-order valence-electron chi connectivity index (χ4n) is 5.86. The van der Waals surface area contributed by atoms with Crippen molar-refractivity contribution in [3.63, 3.8) is 0 Å². The van der Waals surface area contributed by atoms with E-state index in [4.69, 9.17) is 0 Å². The molecule has 0 aromatic heterocycles. The van der Waals surface area contributed by atoms with E-state index >= 15 is 0 Å². The zero-order valence-corrected chi connectivity index (χ0v) is 18.5. The van der Waals surface area contributed by atoms with Gasteiger partial charge in [0.15, 0.2) is 5.78 Å². The molecule has 1 saturated carbocycles. The molecule has 4 heteroatoms. The number of para-hydroxylation sites is 2. The summed E-state index contributed by atoms with van der Waals surface area (Å²) in [5, 5.41) is 3.78. The Balaban J connectivity index is 1.34. The molecule has 2 unspecified atom stereocenters. The van der Waals surface area contributed by atoms with E-state index < -0.39 is 0 Å². The molecule has 0 bridgehead atoms. The minimum atomic E-state index is -0.00520. The summed E-state index contributed by atoms with van der Waals surface area (Å²) < 4.78 is 0. The second-order valence-corrected chi connectivity index (χ2v) is 9.49. The first-order valence-electron chi connectivity index (χ1n) is 12.2. The van der Waals surface area contributed by atoms with Gasteiger partial charge in [-0.3, -0.25) is 9.69 Å². The highest BCUT2D eigenvalue weighted by Gasteiger charge is 2.39. The van der Waals surface area contributed by atoms with Gasteiger partial charge in [-0.2, -0.15) is 0 Å². The maximum absolute atomic E-state index is 13.9. The molecular weight excluding hydrogens is 382 g/mol. The van der Waals surface area contributed by atoms with Crippen LogP contribution in [0.4, 0.5) is 11.4 Å². The summed E-state index contributed by atoms with van der Waals surface area (Å²) in [5.41, 5.74) is 3.90. The van der Waals surface area contributed by atoms with Crippen molar-refractivity contribution in [1.29, 1.82) is 0 Å². The molecule has 1 aliphatic carbocycles. The number of nitrogens with one attached hydrogen (secondary N) is 1. The van der Waals surface area contributed by atoms with Crippen LogP contribution in [0.3, 0.4) is 0 Å². The van der Waals surface area contributed by atoms with Gasteiger partial charge in [0.25, 0.3) is 0 Å². The second-order valence-electron chi connectivity index (χ2n) is 9.49. The summed E-state index contributed by atoms with van der Waals surface area (Å²) >= 11 is 0. The summed E-state index contributed by atoms with van der Waals surface area (Å²) in [6.45, 7) is 3.89. The minimum absolute atomic E-state index is 0.00520. The zero-order chi connectivity index (χ0) is 21.0. The first kappa shape index (κ1) is 20.6. The Kier molecular flexibility index (Phi) is 6.26. The highest BCUT2D eigenvalue weighted by atomic mass is 16.1. The molecule has 5 rings (SSSR count). The molecule has 2 heterocycles. The smallest absolute Gasteiger partial charge is 0.155 e. The molecule has 0 spiro atoms. The van der Waals surface area contributed by atoms with Gasteiger partial charge in [0.2, 0.25) is 0 Å². The Bertz CT molecular complexity index is 869. The van der Waals surface area contributed by atoms with Crippen molar-refractivity contribution in [2.45, 2.75) is 57.0 Å². The van der Waals surface area contributed by atoms with Crippen molar-refractivity contribution in [1.82, 2.24) is 4.90 Å². The SMILES string of the molecule is O=C(C1CCCCC1)C(C1CCc2ccccc2N1)N1CCN(c2ccccc2)CC1. The number of hydrogen-bond acceptors (Lipinski definition) is 4. The molecular formula is C27H35N3O. The van der Waals surface area contributed by atoms with Gasteiger partial charge in [0.1, 0.15) is 0 Å². The van der Waals surface area contributed by atoms with Crippen molar-refractivity contribution in [2.75, 3.05) is 36.4 Å². The molecule has 4 nitrogen and oxygen atoms in total. The van der Waals surface area contributed by atoms with Crippen LogP contribution in [-0.2, 0) is 11.2 Å². The minimum Gasteiger partial charge on any atom is -0.380 e. The number of piperazine rings is 1. The maximum atomic E-state index is 13.9. The first-order chi connectivity index (χ1) is 15.3. The molecule has 0 radical (unpaired) electrons. The topological polar surface area (TPSA) is 35.6 Å². The van der Waals surface area contributed by atoms with Crippen LogP contribution in [0.2, 0.25) is 0 Å². The molecule has 0 amide bonds. The second kappa shape index (κ2) is 9.44. The number of carbonyl (C=O) groups is 1. The number of aryl methyl sites for hydroxylation is 1. The number of ketones is 1. The molecule has 3 aliphatic rings. The van der Waals surface area contributed by atoms with Gasteiger partial charge >= 0.3 is 0 Å². The van der Waals surface area contributed by atoms with Crippen molar-refractivity contribution < 1.29 is 4.79 Å². The van der Waals surface area contributed by atoms with Crippen molar-refractivity contribution >= 4 is 17.2 Å². The van der Waals surface area contributed by atoms with E-state index in [9.17, 15) is 4.79 Å². The van der Waals surface area contributed by atoms with E-state index in [1.165, 1.54) is 36.2 Å². The quantitative estimate of drug-likeness (QED) is 0.761. The van der Waals surface area contributed by atoms with Gasteiger partial charge in [0.05, 0.1) is 6.04 Å². The van der Waals surface area contributed by atoms with Gasteiger partial charge in [0, 0.05) is 49.5 Å². The largest absolute Gasteiger partial charge is 0.380 e. The Morgan fingerprint density at radius 2 is 1.55 bits per heavy atom. The van der Waals surface area contributed by atoms with E-state index in [1.54, 1.807) is 0 Å². The van der Waals surface area contributed by atoms with Crippen molar-refractivity contribution in [3.05, 3.63) is 60.2 Å². The van der Waals surface area contributed by atoms with E-state index in [0.29, 0.717) is 5.78 Å². The molecule has 1 saturated heterocycles. The standard InChI is InChI=1S/C27H35N3O/c31-27(22-10-3-1-4-11-22)26(25-16-15-21-9-7-8-14-24(21)28-25)30-19-17-29(18-20-30)23-12-5-2-6-13-23/h2,5-9,12-14,22,25-26,28H,1,3-4,10-11,15-20H2. The average molecular weight is 418 g/mol. The van der Waals surface area contributed by atoms with Crippen LogP contribution in [0.5, 0.6) is 0 Å². The number of hydrogen-bond donors (Lipinski definition) is 1. The number of nitrogens with zero attached hydrogens (tertiary/aromatic N) is 2. The fourth-order valence-corrected chi connectivity index (χ4v) is 5.86. The van der Waals surface area contributed by atoms with Crippen LogP contribution < -0.4 is 10.2 Å². The third kappa shape index (κ3) is 4.50. The summed E-state index contributed by atoms with van der Waals surface area (Å²) in [6.07, 6.45) is 7.99. The Morgan fingerprint density at radius 1 is 0.839 bits per heavy atom. The molecule has 1 N–H and O–H groups in total. The summed E-state index contributed by atoms with van der Waals surface area (Å²) in [6, 6.07) is 19.5. The molecule has 31 heavy (non-hydrogen) atoms. The van der Waals surface area contributed by atoms with Gasteiger partial charge in [-0.25, -0.2) is 0 Å². The maximum Gasteiger partial charge on any atom is 0.155 e. The number of rotatable bonds is 5. The van der Waals surface area contributed by atoms with Gasteiger partial charge in [-0.05, 0) is 49.4 Å². The predicted molar refractivity (Wildman–Crippen MR) is 128 cm³/mol. The number of anilines is 2. The molecule has 2 aromatic rings.